The van der Waals surface area contributed by atoms with Crippen molar-refractivity contribution in [3.05, 3.63) is 29.8 Å². The molecule has 1 nitrogen and oxygen atoms in total. The molecule has 44 valence electrons. The first kappa shape index (κ1) is 7.09. The van der Waals surface area contributed by atoms with Crippen LogP contribution in [0.15, 0.2) is 24.3 Å². The van der Waals surface area contributed by atoms with E-state index in [4.69, 9.17) is 0 Å². The van der Waals surface area contributed by atoms with Gasteiger partial charge < -0.3 is 0 Å². The van der Waals surface area contributed by atoms with Crippen molar-refractivity contribution in [3.63, 3.8) is 0 Å². The summed E-state index contributed by atoms with van der Waals surface area (Å²) < 4.78 is 11.4. The molecule has 2 heteroatoms. The first-order chi connectivity index (χ1) is 4.33. The molecule has 1 rings (SSSR count). The van der Waals surface area contributed by atoms with E-state index in [0.717, 1.165) is 3.58 Å². The van der Waals surface area contributed by atoms with Crippen LogP contribution in [-0.2, 0) is 2.90 Å². The molecule has 9 heavy (non-hydrogen) atoms. The van der Waals surface area contributed by atoms with Gasteiger partial charge in [-0.15, -0.1) is 0 Å². The second-order valence-corrected chi connectivity index (χ2v) is 4.20. The van der Waals surface area contributed by atoms with Crippen LogP contribution in [0.3, 0.4) is 0 Å². The van der Waals surface area contributed by atoms with Gasteiger partial charge in [0, 0.05) is 0 Å². The van der Waals surface area contributed by atoms with Crippen molar-refractivity contribution in [2.45, 2.75) is 6.92 Å². The molecule has 0 aromatic heterocycles. The van der Waals surface area contributed by atoms with E-state index in [1.165, 1.54) is 5.56 Å². The standard InChI is InChI=1S/C7H7.O.Sn/c1-7-5-3-2-4-6-7;;/h3-6H,1H3;;/q;+1;. The van der Waals surface area contributed by atoms with Gasteiger partial charge in [0.1, 0.15) is 0 Å². The molecule has 0 heterocycles. The average molecular weight is 226 g/mol. The zero-order chi connectivity index (χ0) is 6.69. The Morgan fingerprint density at radius 1 is 1.22 bits per heavy atom. The molecule has 0 aliphatic carbocycles. The minimum atomic E-state index is -1.41. The van der Waals surface area contributed by atoms with Gasteiger partial charge in [-0.05, 0) is 0 Å². The molecule has 0 fully saturated rings. The van der Waals surface area contributed by atoms with Crippen LogP contribution in [0.1, 0.15) is 5.56 Å². The van der Waals surface area contributed by atoms with Gasteiger partial charge in [0.15, 0.2) is 0 Å². The molecule has 1 aromatic carbocycles. The van der Waals surface area contributed by atoms with E-state index in [9.17, 15) is 2.90 Å². The van der Waals surface area contributed by atoms with E-state index in [-0.39, 0.29) is 0 Å². The van der Waals surface area contributed by atoms with Crippen molar-refractivity contribution >= 4 is 24.5 Å². The molecule has 0 unspecified atom stereocenters. The number of rotatable bonds is 0. The van der Waals surface area contributed by atoms with E-state index >= 15 is 0 Å². The molecule has 0 atom stereocenters. The molecule has 0 radical (unpaired) electrons. The van der Waals surface area contributed by atoms with Gasteiger partial charge in [0.05, 0.1) is 0 Å². The van der Waals surface area contributed by atoms with Crippen molar-refractivity contribution in [1.82, 2.24) is 0 Å². The molecular formula is C7H7OSn+. The number of hydrogen-bond acceptors (Lipinski definition) is 0. The molecule has 0 aliphatic rings. The van der Waals surface area contributed by atoms with Crippen molar-refractivity contribution in [1.29, 1.82) is 0 Å². The Morgan fingerprint density at radius 2 is 1.78 bits per heavy atom. The molecule has 0 amide bonds. The third-order valence-corrected chi connectivity index (χ3v) is 2.79. The van der Waals surface area contributed by atoms with Gasteiger partial charge in [0.2, 0.25) is 0 Å². The summed E-state index contributed by atoms with van der Waals surface area (Å²) in [5.74, 6) is 0. The molecule has 0 saturated heterocycles. The number of hydrogen-bond donors (Lipinski definition) is 0. The van der Waals surface area contributed by atoms with Gasteiger partial charge >= 0.3 is 64.2 Å². The van der Waals surface area contributed by atoms with E-state index < -0.39 is 21.0 Å². The van der Waals surface area contributed by atoms with Gasteiger partial charge in [-0.3, -0.25) is 0 Å². The van der Waals surface area contributed by atoms with Gasteiger partial charge in [-0.1, -0.05) is 0 Å². The Morgan fingerprint density at radius 3 is 2.22 bits per heavy atom. The molecule has 0 aliphatic heterocycles. The predicted octanol–water partition coefficient (Wildman–Crippen LogP) is 0.670. The van der Waals surface area contributed by atoms with Crippen molar-refractivity contribution in [2.75, 3.05) is 0 Å². The summed E-state index contributed by atoms with van der Waals surface area (Å²) in [7, 11) is 0. The summed E-state index contributed by atoms with van der Waals surface area (Å²) in [6.07, 6.45) is 0. The molecule has 0 N–H and O–H groups in total. The van der Waals surface area contributed by atoms with E-state index in [2.05, 4.69) is 0 Å². The minimum absolute atomic E-state index is 1.03. The van der Waals surface area contributed by atoms with Crippen LogP contribution in [-0.4, -0.2) is 21.0 Å². The maximum atomic E-state index is 10.4. The Hall–Kier alpha value is -0.0213. The Labute approximate surface area is 64.3 Å². The summed E-state index contributed by atoms with van der Waals surface area (Å²) in [5, 5.41) is 0. The van der Waals surface area contributed by atoms with E-state index in [1.54, 1.807) is 0 Å². The SMILES string of the molecule is Cc1cc[c]([Sn]#[O+])cc1. The van der Waals surface area contributed by atoms with E-state index in [0.29, 0.717) is 0 Å². The molecular weight excluding hydrogens is 219 g/mol. The molecule has 0 bridgehead atoms. The van der Waals surface area contributed by atoms with Crippen LogP contribution in [0.5, 0.6) is 0 Å². The first-order valence-electron chi connectivity index (χ1n) is 2.78. The average Bonchev–Trinajstić information content (AvgIpc) is 1.90. The Bertz CT molecular complexity index is 232. The van der Waals surface area contributed by atoms with Crippen LogP contribution in [0, 0.1) is 6.92 Å². The summed E-state index contributed by atoms with van der Waals surface area (Å²) in [4.78, 5) is 0. The molecule has 0 spiro atoms. The van der Waals surface area contributed by atoms with Crippen LogP contribution in [0.4, 0.5) is 0 Å². The maximum absolute atomic E-state index is 10.4. The van der Waals surface area contributed by atoms with Crippen LogP contribution in [0.2, 0.25) is 0 Å². The summed E-state index contributed by atoms with van der Waals surface area (Å²) >= 11 is -1.41. The number of benzene rings is 1. The third kappa shape index (κ3) is 1.99. The van der Waals surface area contributed by atoms with Crippen molar-refractivity contribution in [3.8, 4) is 0 Å². The van der Waals surface area contributed by atoms with Crippen LogP contribution >= 0.6 is 0 Å². The Kier molecular flexibility index (Phi) is 2.54. The fraction of sp³-hybridized carbons (Fsp3) is 0.143. The first-order valence-corrected chi connectivity index (χ1v) is 5.37. The fourth-order valence-electron chi connectivity index (χ4n) is 0.622. The summed E-state index contributed by atoms with van der Waals surface area (Å²) in [6, 6.07) is 7.87. The quantitative estimate of drug-likeness (QED) is 0.457. The fourth-order valence-corrected chi connectivity index (χ4v) is 1.49. The summed E-state index contributed by atoms with van der Waals surface area (Å²) in [6.45, 7) is 2.03. The van der Waals surface area contributed by atoms with Gasteiger partial charge in [-0.2, -0.15) is 0 Å². The normalized spacial score (nSPS) is 8.44. The van der Waals surface area contributed by atoms with Gasteiger partial charge in [0.25, 0.3) is 0 Å². The summed E-state index contributed by atoms with van der Waals surface area (Å²) in [5.41, 5.74) is 1.23. The second-order valence-electron chi connectivity index (χ2n) is 1.97. The van der Waals surface area contributed by atoms with Crippen molar-refractivity contribution in [2.24, 2.45) is 0 Å². The zero-order valence-corrected chi connectivity index (χ0v) is 8.07. The Balaban J connectivity index is 3.06. The monoisotopic (exact) mass is 227 g/mol. The van der Waals surface area contributed by atoms with Gasteiger partial charge in [-0.25, -0.2) is 0 Å². The molecule has 1 aromatic rings. The zero-order valence-electron chi connectivity index (χ0n) is 5.22. The number of aryl methyl sites for hydroxylation is 1. The van der Waals surface area contributed by atoms with Crippen LogP contribution < -0.4 is 3.58 Å². The molecule has 0 saturated carbocycles. The predicted molar refractivity (Wildman–Crippen MR) is 37.3 cm³/mol. The van der Waals surface area contributed by atoms with Crippen LogP contribution in [0.25, 0.3) is 0 Å². The van der Waals surface area contributed by atoms with Crippen molar-refractivity contribution < 1.29 is 2.90 Å². The second kappa shape index (κ2) is 3.22. The topological polar surface area (TPSA) is 19.9 Å². The third-order valence-electron chi connectivity index (χ3n) is 1.17. The van der Waals surface area contributed by atoms with E-state index in [1.807, 2.05) is 31.2 Å².